The molecule has 0 heterocycles. The summed E-state index contributed by atoms with van der Waals surface area (Å²) in [6.07, 6.45) is 0. The highest BCUT2D eigenvalue weighted by atomic mass is 35.5. The summed E-state index contributed by atoms with van der Waals surface area (Å²) in [5, 5.41) is 2.37. The molecule has 7 nitrogen and oxygen atoms in total. The highest BCUT2D eigenvalue weighted by Gasteiger charge is 2.19. The number of halogens is 3. The van der Waals surface area contributed by atoms with E-state index in [1.165, 1.54) is 26.2 Å². The lowest BCUT2D eigenvalue weighted by atomic mass is 10.2. The van der Waals surface area contributed by atoms with E-state index >= 15 is 0 Å². The van der Waals surface area contributed by atoms with Crippen molar-refractivity contribution in [2.24, 2.45) is 0 Å². The van der Waals surface area contributed by atoms with Crippen LogP contribution in [0.3, 0.4) is 0 Å². The summed E-state index contributed by atoms with van der Waals surface area (Å²) >= 11 is 5.95. The first-order chi connectivity index (χ1) is 13.0. The van der Waals surface area contributed by atoms with Crippen LogP contribution in [0.15, 0.2) is 41.3 Å². The van der Waals surface area contributed by atoms with Crippen LogP contribution < -0.4 is 5.32 Å². The van der Waals surface area contributed by atoms with Gasteiger partial charge in [-0.25, -0.2) is 26.3 Å². The molecule has 0 bridgehead atoms. The molecule has 0 radical (unpaired) electrons. The third kappa shape index (κ3) is 5.24. The van der Waals surface area contributed by atoms with Gasteiger partial charge in [0.05, 0.1) is 21.2 Å². The molecule has 0 spiro atoms. The van der Waals surface area contributed by atoms with Crippen molar-refractivity contribution in [2.75, 3.05) is 26.0 Å². The van der Waals surface area contributed by atoms with Gasteiger partial charge in [0, 0.05) is 20.2 Å². The average Bonchev–Trinajstić information content (AvgIpc) is 2.60. The Kier molecular flexibility index (Phi) is 6.70. The maximum atomic E-state index is 13.1. The van der Waals surface area contributed by atoms with E-state index in [0.717, 1.165) is 22.5 Å². The molecule has 0 saturated carbocycles. The number of nitrogens with zero attached hydrogens (tertiary/aromatic N) is 1. The van der Waals surface area contributed by atoms with Crippen LogP contribution in [0.5, 0.6) is 0 Å². The van der Waals surface area contributed by atoms with E-state index in [4.69, 9.17) is 16.3 Å². The molecular weight excluding hydrogens is 418 g/mol. The van der Waals surface area contributed by atoms with Gasteiger partial charge in [-0.3, -0.25) is 4.79 Å². The third-order valence-electron chi connectivity index (χ3n) is 3.42. The lowest BCUT2D eigenvalue weighted by molar-refractivity contribution is -0.119. The van der Waals surface area contributed by atoms with Gasteiger partial charge in [-0.2, -0.15) is 0 Å². The number of rotatable bonds is 6. The van der Waals surface area contributed by atoms with Crippen molar-refractivity contribution in [3.8, 4) is 0 Å². The first-order valence-electron chi connectivity index (χ1n) is 7.66. The normalized spacial score (nSPS) is 11.4. The molecule has 0 aliphatic carbocycles. The zero-order valence-corrected chi connectivity index (χ0v) is 16.3. The number of carbonyl (C=O) groups excluding carboxylic acids is 2. The lowest BCUT2D eigenvalue weighted by Crippen LogP contribution is -2.23. The minimum Gasteiger partial charge on any atom is -0.452 e. The van der Waals surface area contributed by atoms with Gasteiger partial charge in [0.25, 0.3) is 5.91 Å². The molecule has 2 rings (SSSR count). The molecule has 150 valence electrons. The number of sulfonamides is 1. The Balaban J connectivity index is 2.08. The van der Waals surface area contributed by atoms with Crippen molar-refractivity contribution in [3.05, 3.63) is 58.6 Å². The molecule has 0 saturated heterocycles. The third-order valence-corrected chi connectivity index (χ3v) is 5.56. The fourth-order valence-corrected chi connectivity index (χ4v) is 3.14. The van der Waals surface area contributed by atoms with Crippen LogP contribution in [0.2, 0.25) is 5.02 Å². The Morgan fingerprint density at radius 1 is 1.11 bits per heavy atom. The second-order valence-corrected chi connectivity index (χ2v) is 8.27. The van der Waals surface area contributed by atoms with Gasteiger partial charge in [0.2, 0.25) is 10.0 Å². The van der Waals surface area contributed by atoms with Crippen LogP contribution in [0, 0.1) is 11.6 Å². The van der Waals surface area contributed by atoms with E-state index in [2.05, 4.69) is 5.32 Å². The summed E-state index contributed by atoms with van der Waals surface area (Å²) in [7, 11) is -1.07. The predicted octanol–water partition coefficient (Wildman–Crippen LogP) is 2.66. The summed E-state index contributed by atoms with van der Waals surface area (Å²) in [5.74, 6) is -3.88. The first kappa shape index (κ1) is 21.7. The van der Waals surface area contributed by atoms with Gasteiger partial charge >= 0.3 is 5.97 Å². The molecule has 1 amide bonds. The summed E-state index contributed by atoms with van der Waals surface area (Å²) in [4.78, 5) is 23.7. The van der Waals surface area contributed by atoms with E-state index < -0.39 is 45.7 Å². The molecule has 0 atom stereocenters. The summed E-state index contributed by atoms with van der Waals surface area (Å²) < 4.78 is 56.2. The average molecular weight is 433 g/mol. The molecule has 0 aromatic heterocycles. The van der Waals surface area contributed by atoms with Crippen molar-refractivity contribution >= 4 is 39.2 Å². The highest BCUT2D eigenvalue weighted by Crippen LogP contribution is 2.26. The Labute approximate surface area is 164 Å². The molecule has 0 fully saturated rings. The Morgan fingerprint density at radius 3 is 2.29 bits per heavy atom. The van der Waals surface area contributed by atoms with E-state index in [0.29, 0.717) is 6.07 Å². The second kappa shape index (κ2) is 8.63. The largest absolute Gasteiger partial charge is 0.452 e. The van der Waals surface area contributed by atoms with Crippen molar-refractivity contribution in [3.63, 3.8) is 0 Å². The second-order valence-electron chi connectivity index (χ2n) is 5.71. The molecule has 1 N–H and O–H groups in total. The lowest BCUT2D eigenvalue weighted by Gasteiger charge is -2.14. The van der Waals surface area contributed by atoms with Crippen molar-refractivity contribution in [1.29, 1.82) is 0 Å². The topological polar surface area (TPSA) is 92.8 Å². The molecule has 0 aliphatic rings. The van der Waals surface area contributed by atoms with Gasteiger partial charge in [-0.1, -0.05) is 11.6 Å². The van der Waals surface area contributed by atoms with Gasteiger partial charge in [0.15, 0.2) is 6.61 Å². The number of esters is 1. The molecule has 2 aromatic rings. The molecule has 11 heteroatoms. The fraction of sp³-hybridized carbons (Fsp3) is 0.176. The van der Waals surface area contributed by atoms with Crippen LogP contribution in [-0.2, 0) is 19.6 Å². The van der Waals surface area contributed by atoms with Crippen LogP contribution in [-0.4, -0.2) is 45.3 Å². The van der Waals surface area contributed by atoms with Gasteiger partial charge in [-0.15, -0.1) is 0 Å². The minimum absolute atomic E-state index is 0.0116. The van der Waals surface area contributed by atoms with E-state index in [1.807, 2.05) is 0 Å². The molecule has 2 aromatic carbocycles. The SMILES string of the molecule is CN(C)S(=O)(=O)c1ccc(Cl)c(NC(=O)COC(=O)c2cc(F)cc(F)c2)c1. The van der Waals surface area contributed by atoms with Crippen LogP contribution in [0.1, 0.15) is 10.4 Å². The molecular formula is C17H15ClF2N2O5S. The Hall–Kier alpha value is -2.56. The van der Waals surface area contributed by atoms with Crippen molar-refractivity contribution < 1.29 is 31.5 Å². The number of amides is 1. The predicted molar refractivity (Wildman–Crippen MR) is 97.6 cm³/mol. The number of ether oxygens (including phenoxy) is 1. The number of carbonyl (C=O) groups is 2. The van der Waals surface area contributed by atoms with E-state index in [1.54, 1.807) is 0 Å². The number of nitrogens with one attached hydrogen (secondary N) is 1. The maximum absolute atomic E-state index is 13.1. The van der Waals surface area contributed by atoms with E-state index in [-0.39, 0.29) is 15.6 Å². The fourth-order valence-electron chi connectivity index (χ4n) is 2.04. The monoisotopic (exact) mass is 432 g/mol. The van der Waals surface area contributed by atoms with Gasteiger partial charge in [0.1, 0.15) is 11.6 Å². The Bertz CT molecular complexity index is 1010. The highest BCUT2D eigenvalue weighted by molar-refractivity contribution is 7.89. The number of hydrogen-bond acceptors (Lipinski definition) is 5. The number of hydrogen-bond donors (Lipinski definition) is 1. The van der Waals surface area contributed by atoms with E-state index in [9.17, 15) is 26.8 Å². The van der Waals surface area contributed by atoms with Crippen molar-refractivity contribution in [2.45, 2.75) is 4.90 Å². The standard InChI is InChI=1S/C17H15ClF2N2O5S/c1-22(2)28(25,26)13-3-4-14(18)15(8-13)21-16(23)9-27-17(24)10-5-11(19)7-12(20)6-10/h3-8H,9H2,1-2H3,(H,21,23). The molecule has 0 unspecified atom stereocenters. The van der Waals surface area contributed by atoms with Crippen LogP contribution in [0.25, 0.3) is 0 Å². The summed E-state index contributed by atoms with van der Waals surface area (Å²) in [6.45, 7) is -0.780. The molecule has 0 aliphatic heterocycles. The quantitative estimate of drug-likeness (QED) is 0.708. The van der Waals surface area contributed by atoms with Gasteiger partial charge < -0.3 is 10.1 Å². The first-order valence-corrected chi connectivity index (χ1v) is 9.47. The molecule has 28 heavy (non-hydrogen) atoms. The minimum atomic E-state index is -3.75. The zero-order chi connectivity index (χ0) is 21.1. The number of anilines is 1. The Morgan fingerprint density at radius 2 is 1.71 bits per heavy atom. The summed E-state index contributed by atoms with van der Waals surface area (Å²) in [6, 6.07) is 5.81. The van der Waals surface area contributed by atoms with Crippen LogP contribution >= 0.6 is 11.6 Å². The van der Waals surface area contributed by atoms with Crippen LogP contribution in [0.4, 0.5) is 14.5 Å². The zero-order valence-electron chi connectivity index (χ0n) is 14.7. The number of benzene rings is 2. The van der Waals surface area contributed by atoms with Gasteiger partial charge in [-0.05, 0) is 30.3 Å². The smallest absolute Gasteiger partial charge is 0.338 e. The summed E-state index contributed by atoms with van der Waals surface area (Å²) in [5.41, 5.74) is -0.412. The maximum Gasteiger partial charge on any atom is 0.338 e. The van der Waals surface area contributed by atoms with Crippen molar-refractivity contribution in [1.82, 2.24) is 4.31 Å².